The highest BCUT2D eigenvalue weighted by molar-refractivity contribution is 5.19. The maximum absolute atomic E-state index is 8.31. The highest BCUT2D eigenvalue weighted by Gasteiger charge is 1.61. The van der Waals surface area contributed by atoms with E-state index in [1.54, 1.807) is 24.3 Å². The first-order valence-electron chi connectivity index (χ1n) is 3.32. The second-order valence-electron chi connectivity index (χ2n) is 1.64. The Bertz CT molecular complexity index is 167. The average molecular weight is 136 g/mol. The lowest BCUT2D eigenvalue weighted by Crippen LogP contribution is -1.67. The molecule has 0 spiro atoms. The van der Waals surface area contributed by atoms with Crippen LogP contribution in [-0.4, -0.2) is 11.7 Å². The fourth-order valence-corrected chi connectivity index (χ4v) is 0.404. The number of aliphatic hydroxyl groups is 1. The SMILES string of the molecule is CCC#C/C=C/C=C/CO. The highest BCUT2D eigenvalue weighted by atomic mass is 16.2. The van der Waals surface area contributed by atoms with Gasteiger partial charge in [-0.15, -0.1) is 0 Å². The Hall–Kier alpha value is -1.00. The maximum atomic E-state index is 8.31. The Kier molecular flexibility index (Phi) is 7.20. The van der Waals surface area contributed by atoms with Gasteiger partial charge in [-0.25, -0.2) is 0 Å². The molecule has 0 radical (unpaired) electrons. The molecule has 1 N–H and O–H groups in total. The fourth-order valence-electron chi connectivity index (χ4n) is 0.404. The lowest BCUT2D eigenvalue weighted by Gasteiger charge is -1.72. The van der Waals surface area contributed by atoms with E-state index in [-0.39, 0.29) is 6.61 Å². The number of hydrogen-bond donors (Lipinski definition) is 1. The van der Waals surface area contributed by atoms with Gasteiger partial charge in [-0.05, 0) is 6.08 Å². The zero-order valence-electron chi connectivity index (χ0n) is 6.17. The number of allylic oxidation sites excluding steroid dienone is 3. The highest BCUT2D eigenvalue weighted by Crippen LogP contribution is 1.75. The van der Waals surface area contributed by atoms with Crippen molar-refractivity contribution in [2.75, 3.05) is 6.61 Å². The van der Waals surface area contributed by atoms with Crippen LogP contribution in [0.1, 0.15) is 13.3 Å². The molecule has 0 aromatic carbocycles. The molecule has 0 aliphatic rings. The summed E-state index contributed by atoms with van der Waals surface area (Å²) in [5.74, 6) is 5.72. The van der Waals surface area contributed by atoms with Gasteiger partial charge >= 0.3 is 0 Å². The fraction of sp³-hybridized carbons (Fsp3) is 0.333. The van der Waals surface area contributed by atoms with Gasteiger partial charge in [-0.3, -0.25) is 0 Å². The Labute approximate surface area is 62.1 Å². The standard InChI is InChI=1S/C9H12O/c1-2-3-4-5-6-7-8-9-10/h5-8,10H,2,9H2,1H3/b6-5+,8-7+. The van der Waals surface area contributed by atoms with E-state index in [1.807, 2.05) is 6.92 Å². The summed E-state index contributed by atoms with van der Waals surface area (Å²) in [5.41, 5.74) is 0. The first-order chi connectivity index (χ1) is 4.91. The quantitative estimate of drug-likeness (QED) is 0.450. The predicted molar refractivity (Wildman–Crippen MR) is 43.4 cm³/mol. The first-order valence-corrected chi connectivity index (χ1v) is 3.32. The van der Waals surface area contributed by atoms with Gasteiger partial charge in [0.25, 0.3) is 0 Å². The Morgan fingerprint density at radius 3 is 2.80 bits per heavy atom. The van der Waals surface area contributed by atoms with Crippen molar-refractivity contribution < 1.29 is 5.11 Å². The van der Waals surface area contributed by atoms with Crippen molar-refractivity contribution in [1.82, 2.24) is 0 Å². The van der Waals surface area contributed by atoms with Gasteiger partial charge in [0.05, 0.1) is 6.61 Å². The number of aliphatic hydroxyl groups excluding tert-OH is 1. The van der Waals surface area contributed by atoms with Crippen molar-refractivity contribution in [3.63, 3.8) is 0 Å². The molecular formula is C9H12O. The van der Waals surface area contributed by atoms with E-state index >= 15 is 0 Å². The molecule has 10 heavy (non-hydrogen) atoms. The lowest BCUT2D eigenvalue weighted by atomic mass is 10.4. The monoisotopic (exact) mass is 136 g/mol. The van der Waals surface area contributed by atoms with Crippen LogP contribution < -0.4 is 0 Å². The van der Waals surface area contributed by atoms with Crippen LogP contribution in [0.5, 0.6) is 0 Å². The van der Waals surface area contributed by atoms with E-state index in [0.717, 1.165) is 6.42 Å². The average Bonchev–Trinajstić information content (AvgIpc) is 1.97. The zero-order valence-corrected chi connectivity index (χ0v) is 6.17. The lowest BCUT2D eigenvalue weighted by molar-refractivity contribution is 0.343. The molecule has 0 aliphatic carbocycles. The van der Waals surface area contributed by atoms with Crippen LogP contribution in [0.15, 0.2) is 24.3 Å². The second-order valence-corrected chi connectivity index (χ2v) is 1.64. The molecule has 0 amide bonds. The van der Waals surface area contributed by atoms with E-state index in [9.17, 15) is 0 Å². The molecule has 0 fully saturated rings. The third-order valence-electron chi connectivity index (χ3n) is 0.811. The van der Waals surface area contributed by atoms with Gasteiger partial charge in [-0.1, -0.05) is 37.0 Å². The molecule has 1 heteroatoms. The van der Waals surface area contributed by atoms with Crippen LogP contribution in [0.3, 0.4) is 0 Å². The third kappa shape index (κ3) is 7.00. The second kappa shape index (κ2) is 8.00. The molecule has 0 heterocycles. The summed E-state index contributed by atoms with van der Waals surface area (Å²) in [5, 5.41) is 8.31. The van der Waals surface area contributed by atoms with Crippen LogP contribution >= 0.6 is 0 Å². The summed E-state index contributed by atoms with van der Waals surface area (Å²) >= 11 is 0. The molecule has 0 bridgehead atoms. The first kappa shape index (κ1) is 9.00. The molecule has 0 aromatic heterocycles. The maximum Gasteiger partial charge on any atom is 0.0615 e. The molecular weight excluding hydrogens is 124 g/mol. The van der Waals surface area contributed by atoms with Gasteiger partial charge < -0.3 is 5.11 Å². The smallest absolute Gasteiger partial charge is 0.0615 e. The summed E-state index contributed by atoms with van der Waals surface area (Å²) in [4.78, 5) is 0. The van der Waals surface area contributed by atoms with Crippen molar-refractivity contribution in [3.8, 4) is 11.8 Å². The number of hydrogen-bond acceptors (Lipinski definition) is 1. The van der Waals surface area contributed by atoms with Gasteiger partial charge in [-0.2, -0.15) is 0 Å². The zero-order chi connectivity index (χ0) is 7.66. The Morgan fingerprint density at radius 2 is 2.20 bits per heavy atom. The summed E-state index contributed by atoms with van der Waals surface area (Å²) in [6.07, 6.45) is 7.87. The minimum atomic E-state index is 0.0888. The minimum absolute atomic E-state index is 0.0888. The van der Waals surface area contributed by atoms with Gasteiger partial charge in [0.15, 0.2) is 0 Å². The van der Waals surface area contributed by atoms with Crippen LogP contribution in [0, 0.1) is 11.8 Å². The van der Waals surface area contributed by atoms with Gasteiger partial charge in [0.2, 0.25) is 0 Å². The Morgan fingerprint density at radius 1 is 1.40 bits per heavy atom. The van der Waals surface area contributed by atoms with Crippen molar-refractivity contribution in [2.24, 2.45) is 0 Å². The molecule has 54 valence electrons. The topological polar surface area (TPSA) is 20.2 Å². The van der Waals surface area contributed by atoms with E-state index in [2.05, 4.69) is 11.8 Å². The predicted octanol–water partition coefficient (Wildman–Crippen LogP) is 1.50. The summed E-state index contributed by atoms with van der Waals surface area (Å²) in [6, 6.07) is 0. The molecule has 0 saturated carbocycles. The summed E-state index contributed by atoms with van der Waals surface area (Å²) < 4.78 is 0. The minimum Gasteiger partial charge on any atom is -0.392 e. The largest absolute Gasteiger partial charge is 0.392 e. The molecule has 0 atom stereocenters. The normalized spacial score (nSPS) is 10.2. The van der Waals surface area contributed by atoms with Gasteiger partial charge in [0, 0.05) is 6.42 Å². The van der Waals surface area contributed by atoms with Crippen LogP contribution in [0.4, 0.5) is 0 Å². The third-order valence-corrected chi connectivity index (χ3v) is 0.811. The summed E-state index contributed by atoms with van der Waals surface area (Å²) in [6.45, 7) is 2.09. The van der Waals surface area contributed by atoms with Crippen molar-refractivity contribution >= 4 is 0 Å². The van der Waals surface area contributed by atoms with Crippen molar-refractivity contribution in [1.29, 1.82) is 0 Å². The summed E-state index contributed by atoms with van der Waals surface area (Å²) in [7, 11) is 0. The molecule has 0 aliphatic heterocycles. The Balaban J connectivity index is 3.46. The van der Waals surface area contributed by atoms with Crippen LogP contribution in [0.25, 0.3) is 0 Å². The molecule has 0 unspecified atom stereocenters. The van der Waals surface area contributed by atoms with Crippen molar-refractivity contribution in [2.45, 2.75) is 13.3 Å². The molecule has 1 nitrogen and oxygen atoms in total. The van der Waals surface area contributed by atoms with Gasteiger partial charge in [0.1, 0.15) is 0 Å². The van der Waals surface area contributed by atoms with E-state index in [1.165, 1.54) is 0 Å². The van der Waals surface area contributed by atoms with E-state index < -0.39 is 0 Å². The molecule has 0 aromatic rings. The molecule has 0 rings (SSSR count). The number of rotatable bonds is 2. The van der Waals surface area contributed by atoms with E-state index in [4.69, 9.17) is 5.11 Å². The molecule has 0 saturated heterocycles. The van der Waals surface area contributed by atoms with Crippen molar-refractivity contribution in [3.05, 3.63) is 24.3 Å². The van der Waals surface area contributed by atoms with E-state index in [0.29, 0.717) is 0 Å². The van der Waals surface area contributed by atoms with Crippen LogP contribution in [0.2, 0.25) is 0 Å². The van der Waals surface area contributed by atoms with Crippen LogP contribution in [-0.2, 0) is 0 Å².